The van der Waals surface area contributed by atoms with Gasteiger partial charge in [0.15, 0.2) is 0 Å². The second-order valence-electron chi connectivity index (χ2n) is 5.37. The summed E-state index contributed by atoms with van der Waals surface area (Å²) in [6.07, 6.45) is 4.95. The number of rotatable bonds is 4. The number of aromatic amines is 1. The number of aromatic nitrogens is 4. The van der Waals surface area contributed by atoms with Crippen LogP contribution in [0.15, 0.2) is 12.4 Å². The fourth-order valence-corrected chi connectivity index (χ4v) is 1.99. The van der Waals surface area contributed by atoms with Crippen LogP contribution in [0.4, 0.5) is 0 Å². The van der Waals surface area contributed by atoms with Crippen LogP contribution in [0, 0.1) is 6.92 Å². The summed E-state index contributed by atoms with van der Waals surface area (Å²) in [6.45, 7) is 8.56. The van der Waals surface area contributed by atoms with Gasteiger partial charge < -0.3 is 9.55 Å². The SMILES string of the molecule is Cc1nc(C(C)Cc2ncc(C(C)C)[nH]2)cn1C. The van der Waals surface area contributed by atoms with Gasteiger partial charge in [-0.1, -0.05) is 20.8 Å². The van der Waals surface area contributed by atoms with E-state index in [2.05, 4.69) is 46.5 Å². The normalized spacial score (nSPS) is 13.2. The van der Waals surface area contributed by atoms with Crippen LogP contribution in [0.5, 0.6) is 0 Å². The Morgan fingerprint density at radius 1 is 1.33 bits per heavy atom. The lowest BCUT2D eigenvalue weighted by Gasteiger charge is -2.06. The molecule has 2 heterocycles. The first-order valence-electron chi connectivity index (χ1n) is 6.51. The van der Waals surface area contributed by atoms with Crippen molar-refractivity contribution in [3.8, 4) is 0 Å². The Hall–Kier alpha value is -1.58. The van der Waals surface area contributed by atoms with Crippen LogP contribution in [0.25, 0.3) is 0 Å². The Labute approximate surface area is 108 Å². The van der Waals surface area contributed by atoms with Crippen molar-refractivity contribution in [2.24, 2.45) is 7.05 Å². The predicted molar refractivity (Wildman–Crippen MR) is 72.7 cm³/mol. The quantitative estimate of drug-likeness (QED) is 0.901. The minimum absolute atomic E-state index is 0.385. The molecule has 0 aromatic carbocycles. The molecule has 0 saturated heterocycles. The van der Waals surface area contributed by atoms with Gasteiger partial charge in [0.1, 0.15) is 11.6 Å². The van der Waals surface area contributed by atoms with Crippen molar-refractivity contribution >= 4 is 0 Å². The van der Waals surface area contributed by atoms with Crippen LogP contribution < -0.4 is 0 Å². The van der Waals surface area contributed by atoms with E-state index in [0.717, 1.165) is 23.8 Å². The first-order valence-corrected chi connectivity index (χ1v) is 6.51. The largest absolute Gasteiger partial charge is 0.346 e. The monoisotopic (exact) mass is 246 g/mol. The number of aryl methyl sites for hydroxylation is 2. The molecular formula is C14H22N4. The number of imidazole rings is 2. The minimum Gasteiger partial charge on any atom is -0.346 e. The van der Waals surface area contributed by atoms with Crippen LogP contribution in [-0.2, 0) is 13.5 Å². The summed E-state index contributed by atoms with van der Waals surface area (Å²) >= 11 is 0. The van der Waals surface area contributed by atoms with Crippen molar-refractivity contribution in [3.63, 3.8) is 0 Å². The van der Waals surface area contributed by atoms with Crippen molar-refractivity contribution in [1.82, 2.24) is 19.5 Å². The third kappa shape index (κ3) is 2.63. The van der Waals surface area contributed by atoms with Crippen molar-refractivity contribution < 1.29 is 0 Å². The maximum Gasteiger partial charge on any atom is 0.106 e. The maximum atomic E-state index is 4.57. The molecule has 18 heavy (non-hydrogen) atoms. The van der Waals surface area contributed by atoms with Crippen LogP contribution in [-0.4, -0.2) is 19.5 Å². The highest BCUT2D eigenvalue weighted by Crippen LogP contribution is 2.19. The van der Waals surface area contributed by atoms with E-state index in [0.29, 0.717) is 11.8 Å². The zero-order chi connectivity index (χ0) is 13.3. The van der Waals surface area contributed by atoms with Gasteiger partial charge in [0.25, 0.3) is 0 Å². The van der Waals surface area contributed by atoms with Gasteiger partial charge in [-0.3, -0.25) is 0 Å². The third-order valence-corrected chi connectivity index (χ3v) is 3.40. The summed E-state index contributed by atoms with van der Waals surface area (Å²) in [6, 6.07) is 0. The highest BCUT2D eigenvalue weighted by atomic mass is 15.0. The van der Waals surface area contributed by atoms with E-state index >= 15 is 0 Å². The summed E-state index contributed by atoms with van der Waals surface area (Å²) in [7, 11) is 2.03. The van der Waals surface area contributed by atoms with Crippen LogP contribution >= 0.6 is 0 Å². The number of hydrogen-bond acceptors (Lipinski definition) is 2. The lowest BCUT2D eigenvalue weighted by atomic mass is 10.0. The van der Waals surface area contributed by atoms with Gasteiger partial charge >= 0.3 is 0 Å². The number of nitrogens with zero attached hydrogens (tertiary/aromatic N) is 3. The molecule has 0 saturated carbocycles. The fourth-order valence-electron chi connectivity index (χ4n) is 1.99. The molecule has 2 rings (SSSR count). The summed E-state index contributed by atoms with van der Waals surface area (Å²) < 4.78 is 2.06. The molecule has 4 nitrogen and oxygen atoms in total. The highest BCUT2D eigenvalue weighted by molar-refractivity contribution is 5.12. The summed E-state index contributed by atoms with van der Waals surface area (Å²) in [5, 5.41) is 0. The third-order valence-electron chi connectivity index (χ3n) is 3.40. The first-order chi connectivity index (χ1) is 8.47. The zero-order valence-corrected chi connectivity index (χ0v) is 11.9. The molecule has 1 atom stereocenters. The number of H-pyrrole nitrogens is 1. The second-order valence-corrected chi connectivity index (χ2v) is 5.37. The van der Waals surface area contributed by atoms with E-state index in [1.165, 1.54) is 5.69 Å². The Morgan fingerprint density at radius 2 is 2.06 bits per heavy atom. The summed E-state index contributed by atoms with van der Waals surface area (Å²) in [4.78, 5) is 12.4. The lowest BCUT2D eigenvalue weighted by Crippen LogP contribution is -2.01. The van der Waals surface area contributed by atoms with Crippen molar-refractivity contribution in [2.75, 3.05) is 0 Å². The maximum absolute atomic E-state index is 4.57. The van der Waals surface area contributed by atoms with E-state index < -0.39 is 0 Å². The standard InChI is InChI=1S/C14H22N4/c1-9(2)12-7-15-14(17-12)6-10(3)13-8-18(5)11(4)16-13/h7-10H,6H2,1-5H3,(H,15,17). The molecule has 2 aromatic rings. The number of hydrogen-bond donors (Lipinski definition) is 1. The van der Waals surface area contributed by atoms with Crippen LogP contribution in [0.2, 0.25) is 0 Å². The Balaban J connectivity index is 2.08. The molecule has 0 amide bonds. The Bertz CT molecular complexity index is 502. The average Bonchev–Trinajstić information content (AvgIpc) is 2.87. The molecule has 4 heteroatoms. The van der Waals surface area contributed by atoms with Gasteiger partial charge in [0.05, 0.1) is 5.69 Å². The Morgan fingerprint density at radius 3 is 2.56 bits per heavy atom. The van der Waals surface area contributed by atoms with Gasteiger partial charge in [-0.05, 0) is 12.8 Å². The van der Waals surface area contributed by atoms with Crippen LogP contribution in [0.1, 0.15) is 55.6 Å². The molecule has 1 N–H and O–H groups in total. The summed E-state index contributed by atoms with van der Waals surface area (Å²) in [5.74, 6) is 2.99. The molecule has 2 aromatic heterocycles. The van der Waals surface area contributed by atoms with E-state index in [1.54, 1.807) is 0 Å². The summed E-state index contributed by atoms with van der Waals surface area (Å²) in [5.41, 5.74) is 2.34. The highest BCUT2D eigenvalue weighted by Gasteiger charge is 2.13. The molecular weight excluding hydrogens is 224 g/mol. The molecule has 98 valence electrons. The molecule has 0 radical (unpaired) electrons. The van der Waals surface area contributed by atoms with E-state index in [4.69, 9.17) is 0 Å². The number of nitrogens with one attached hydrogen (secondary N) is 1. The Kier molecular flexibility index (Phi) is 3.55. The van der Waals surface area contributed by atoms with Gasteiger partial charge in [-0.2, -0.15) is 0 Å². The average molecular weight is 246 g/mol. The van der Waals surface area contributed by atoms with Gasteiger partial charge in [-0.15, -0.1) is 0 Å². The van der Waals surface area contributed by atoms with E-state index in [-0.39, 0.29) is 0 Å². The smallest absolute Gasteiger partial charge is 0.106 e. The molecule has 0 bridgehead atoms. The molecule has 1 unspecified atom stereocenters. The van der Waals surface area contributed by atoms with E-state index in [1.807, 2.05) is 20.2 Å². The molecule has 0 aliphatic heterocycles. The van der Waals surface area contributed by atoms with Gasteiger partial charge in [-0.25, -0.2) is 9.97 Å². The van der Waals surface area contributed by atoms with Crippen molar-refractivity contribution in [1.29, 1.82) is 0 Å². The topological polar surface area (TPSA) is 46.5 Å². The molecule has 0 aliphatic rings. The van der Waals surface area contributed by atoms with Crippen molar-refractivity contribution in [3.05, 3.63) is 35.4 Å². The molecule has 0 spiro atoms. The van der Waals surface area contributed by atoms with E-state index in [9.17, 15) is 0 Å². The zero-order valence-electron chi connectivity index (χ0n) is 11.9. The van der Waals surface area contributed by atoms with Crippen molar-refractivity contribution in [2.45, 2.75) is 46.0 Å². The molecule has 0 fully saturated rings. The lowest BCUT2D eigenvalue weighted by molar-refractivity contribution is 0.701. The van der Waals surface area contributed by atoms with Gasteiger partial charge in [0, 0.05) is 37.5 Å². The minimum atomic E-state index is 0.385. The fraction of sp³-hybridized carbons (Fsp3) is 0.571. The van der Waals surface area contributed by atoms with Gasteiger partial charge in [0.2, 0.25) is 0 Å². The predicted octanol–water partition coefficient (Wildman–Crippen LogP) is 2.92. The molecule has 0 aliphatic carbocycles. The van der Waals surface area contributed by atoms with Crippen LogP contribution in [0.3, 0.4) is 0 Å². The first kappa shape index (κ1) is 12.9. The second kappa shape index (κ2) is 4.96.